The van der Waals surface area contributed by atoms with Crippen LogP contribution in [0.2, 0.25) is 0 Å². The molecule has 2 rings (SSSR count). The minimum atomic E-state index is -0.527. The topological polar surface area (TPSA) is 123 Å². The van der Waals surface area contributed by atoms with E-state index >= 15 is 0 Å². The van der Waals surface area contributed by atoms with E-state index in [1.54, 1.807) is 13.0 Å². The van der Waals surface area contributed by atoms with Gasteiger partial charge in [0.05, 0.1) is 4.92 Å². The van der Waals surface area contributed by atoms with Gasteiger partial charge in [0, 0.05) is 30.8 Å². The van der Waals surface area contributed by atoms with Crippen molar-refractivity contribution < 1.29 is 14.2 Å². The summed E-state index contributed by atoms with van der Waals surface area (Å²) in [5.41, 5.74) is 0.254. The number of non-ortho nitro benzene ring substituents is 1. The molecule has 2 amide bonds. The number of aryl methyl sites for hydroxylation is 1. The Bertz CT molecular complexity index is 655. The van der Waals surface area contributed by atoms with Crippen molar-refractivity contribution in [2.75, 3.05) is 11.9 Å². The number of rotatable bonds is 5. The number of aromatic nitrogens is 2. The highest BCUT2D eigenvalue weighted by Crippen LogP contribution is 2.16. The summed E-state index contributed by atoms with van der Waals surface area (Å²) >= 11 is 0. The van der Waals surface area contributed by atoms with E-state index in [1.807, 2.05) is 0 Å². The van der Waals surface area contributed by atoms with Gasteiger partial charge < -0.3 is 15.2 Å². The van der Waals surface area contributed by atoms with Crippen LogP contribution in [0.5, 0.6) is 0 Å². The zero-order chi connectivity index (χ0) is 15.2. The number of hydrogen-bond donors (Lipinski definition) is 2. The summed E-state index contributed by atoms with van der Waals surface area (Å²) in [6, 6.07) is 5.22. The van der Waals surface area contributed by atoms with Crippen molar-refractivity contribution in [3.63, 3.8) is 0 Å². The molecule has 2 N–H and O–H groups in total. The van der Waals surface area contributed by atoms with Gasteiger partial charge in [-0.1, -0.05) is 11.2 Å². The Hall–Kier alpha value is -2.97. The largest absolute Gasteiger partial charge is 0.339 e. The lowest BCUT2D eigenvalue weighted by atomic mass is 10.3. The van der Waals surface area contributed by atoms with E-state index in [-0.39, 0.29) is 5.69 Å². The van der Waals surface area contributed by atoms with Gasteiger partial charge in [-0.15, -0.1) is 0 Å². The molecule has 0 saturated heterocycles. The summed E-state index contributed by atoms with van der Waals surface area (Å²) < 4.78 is 4.90. The number of benzene rings is 1. The number of anilines is 1. The average molecular weight is 291 g/mol. The molecule has 1 aromatic carbocycles. The van der Waals surface area contributed by atoms with Crippen molar-refractivity contribution in [3.8, 4) is 0 Å². The zero-order valence-electron chi connectivity index (χ0n) is 11.2. The van der Waals surface area contributed by atoms with E-state index in [1.165, 1.54) is 18.2 Å². The van der Waals surface area contributed by atoms with E-state index in [9.17, 15) is 14.9 Å². The average Bonchev–Trinajstić information content (AvgIpc) is 2.84. The molecule has 1 heterocycles. The first-order valence-corrected chi connectivity index (χ1v) is 6.13. The van der Waals surface area contributed by atoms with Crippen molar-refractivity contribution in [2.24, 2.45) is 0 Å². The number of nitro groups is 1. The Balaban J connectivity index is 1.81. The summed E-state index contributed by atoms with van der Waals surface area (Å²) in [7, 11) is 0. The van der Waals surface area contributed by atoms with Gasteiger partial charge >= 0.3 is 6.03 Å². The van der Waals surface area contributed by atoms with Gasteiger partial charge in [-0.3, -0.25) is 10.1 Å². The molecule has 0 unspecified atom stereocenters. The van der Waals surface area contributed by atoms with Gasteiger partial charge in [-0.05, 0) is 13.0 Å². The van der Waals surface area contributed by atoms with Gasteiger partial charge in [-0.25, -0.2) is 4.79 Å². The number of carbonyl (C=O) groups is 1. The van der Waals surface area contributed by atoms with E-state index in [0.29, 0.717) is 30.4 Å². The predicted molar refractivity (Wildman–Crippen MR) is 72.9 cm³/mol. The molecule has 0 aliphatic carbocycles. The molecule has 2 aromatic rings. The highest BCUT2D eigenvalue weighted by Gasteiger charge is 2.08. The van der Waals surface area contributed by atoms with Gasteiger partial charge in [0.2, 0.25) is 5.89 Å². The molecule has 9 heteroatoms. The Labute approximate surface area is 119 Å². The maximum atomic E-state index is 11.6. The van der Waals surface area contributed by atoms with Crippen LogP contribution in [-0.2, 0) is 6.42 Å². The van der Waals surface area contributed by atoms with Crippen LogP contribution >= 0.6 is 0 Å². The van der Waals surface area contributed by atoms with E-state index in [0.717, 1.165) is 0 Å². The lowest BCUT2D eigenvalue weighted by Crippen LogP contribution is -2.30. The molecular formula is C12H13N5O4. The second-order valence-electron chi connectivity index (χ2n) is 4.17. The summed E-state index contributed by atoms with van der Waals surface area (Å²) in [5.74, 6) is 0.967. The highest BCUT2D eigenvalue weighted by atomic mass is 16.6. The molecule has 9 nitrogen and oxygen atoms in total. The quantitative estimate of drug-likeness (QED) is 0.637. The molecule has 1 aromatic heterocycles. The molecule has 0 saturated carbocycles. The van der Waals surface area contributed by atoms with Crippen LogP contribution in [0, 0.1) is 17.0 Å². The second kappa shape index (κ2) is 6.46. The number of urea groups is 1. The standard InChI is InChI=1S/C12H13N5O4/c1-8-14-11(21-16-8)5-6-13-12(18)15-9-3-2-4-10(7-9)17(19)20/h2-4,7H,5-6H2,1H3,(H2,13,15,18). The van der Waals surface area contributed by atoms with Crippen LogP contribution in [0.4, 0.5) is 16.2 Å². The van der Waals surface area contributed by atoms with Gasteiger partial charge in [-0.2, -0.15) is 4.98 Å². The van der Waals surface area contributed by atoms with Gasteiger partial charge in [0.1, 0.15) is 0 Å². The van der Waals surface area contributed by atoms with Crippen molar-refractivity contribution in [3.05, 3.63) is 46.1 Å². The molecule has 0 fully saturated rings. The second-order valence-corrected chi connectivity index (χ2v) is 4.17. The fraction of sp³-hybridized carbons (Fsp3) is 0.250. The first kappa shape index (κ1) is 14.4. The van der Waals surface area contributed by atoms with E-state index in [4.69, 9.17) is 4.52 Å². The number of nitrogens with one attached hydrogen (secondary N) is 2. The summed E-state index contributed by atoms with van der Waals surface area (Å²) in [6.07, 6.45) is 0.406. The van der Waals surface area contributed by atoms with Crippen molar-refractivity contribution in [2.45, 2.75) is 13.3 Å². The monoisotopic (exact) mass is 291 g/mol. The summed E-state index contributed by atoms with van der Waals surface area (Å²) in [4.78, 5) is 25.7. The minimum absolute atomic E-state index is 0.0888. The molecule has 0 aliphatic rings. The van der Waals surface area contributed by atoms with E-state index in [2.05, 4.69) is 20.8 Å². The smallest absolute Gasteiger partial charge is 0.319 e. The number of hydrogen-bond acceptors (Lipinski definition) is 6. The Morgan fingerprint density at radius 1 is 1.48 bits per heavy atom. The maximum Gasteiger partial charge on any atom is 0.319 e. The normalized spacial score (nSPS) is 10.1. The lowest BCUT2D eigenvalue weighted by molar-refractivity contribution is -0.384. The highest BCUT2D eigenvalue weighted by molar-refractivity contribution is 5.89. The van der Waals surface area contributed by atoms with Crippen LogP contribution in [0.3, 0.4) is 0 Å². The van der Waals surface area contributed by atoms with Crippen LogP contribution in [0.15, 0.2) is 28.8 Å². The molecule has 0 radical (unpaired) electrons. The third-order valence-electron chi connectivity index (χ3n) is 2.51. The number of nitro benzene ring substituents is 1. The van der Waals surface area contributed by atoms with Crippen molar-refractivity contribution >= 4 is 17.4 Å². The maximum absolute atomic E-state index is 11.6. The van der Waals surface area contributed by atoms with Crippen molar-refractivity contribution in [1.29, 1.82) is 0 Å². The van der Waals surface area contributed by atoms with Crippen LogP contribution < -0.4 is 10.6 Å². The fourth-order valence-electron chi connectivity index (χ4n) is 1.60. The molecule has 0 aliphatic heterocycles. The first-order chi connectivity index (χ1) is 10.0. The number of nitrogens with zero attached hydrogens (tertiary/aromatic N) is 3. The van der Waals surface area contributed by atoms with Gasteiger partial charge in [0.15, 0.2) is 5.82 Å². The molecule has 21 heavy (non-hydrogen) atoms. The first-order valence-electron chi connectivity index (χ1n) is 6.13. The number of carbonyl (C=O) groups excluding carboxylic acids is 1. The lowest BCUT2D eigenvalue weighted by Gasteiger charge is -2.06. The van der Waals surface area contributed by atoms with Crippen LogP contribution in [0.25, 0.3) is 0 Å². The molecule has 110 valence electrons. The zero-order valence-corrected chi connectivity index (χ0v) is 11.2. The minimum Gasteiger partial charge on any atom is -0.339 e. The predicted octanol–water partition coefficient (Wildman–Crippen LogP) is 1.65. The summed E-state index contributed by atoms with van der Waals surface area (Å²) in [5, 5.41) is 19.4. The molecule has 0 spiro atoms. The van der Waals surface area contributed by atoms with Gasteiger partial charge in [0.25, 0.3) is 5.69 Å². The third kappa shape index (κ3) is 4.27. The van der Waals surface area contributed by atoms with E-state index < -0.39 is 11.0 Å². The number of amides is 2. The Kier molecular flexibility index (Phi) is 4.44. The molecular weight excluding hydrogens is 278 g/mol. The fourth-order valence-corrected chi connectivity index (χ4v) is 1.60. The summed E-state index contributed by atoms with van der Waals surface area (Å²) in [6.45, 7) is 2.01. The SMILES string of the molecule is Cc1noc(CCNC(=O)Nc2cccc([N+](=O)[O-])c2)n1. The Morgan fingerprint density at radius 2 is 2.29 bits per heavy atom. The van der Waals surface area contributed by atoms with Crippen LogP contribution in [0.1, 0.15) is 11.7 Å². The molecule has 0 atom stereocenters. The Morgan fingerprint density at radius 3 is 2.95 bits per heavy atom. The van der Waals surface area contributed by atoms with Crippen molar-refractivity contribution in [1.82, 2.24) is 15.5 Å². The van der Waals surface area contributed by atoms with Crippen LogP contribution in [-0.4, -0.2) is 27.6 Å². The molecule has 0 bridgehead atoms. The third-order valence-corrected chi connectivity index (χ3v) is 2.51.